The molecule has 0 saturated carbocycles. The maximum Gasteiger partial charge on any atom is 0.387 e. The van der Waals surface area contributed by atoms with Crippen LogP contribution in [0, 0.1) is 5.82 Å². The molecule has 1 N–H and O–H groups in total. The zero-order chi connectivity index (χ0) is 19.4. The standard InChI is InChI=1S/C16H12F3N5O3/c1-26-13-5-2-9(6-14(13)27-16(18)19)15(25)21-12-7-10(3-4-11(12)17)24-8-20-22-23-24/h2-8,16H,1H3,(H,21,25). The van der Waals surface area contributed by atoms with Gasteiger partial charge in [-0.1, -0.05) is 0 Å². The van der Waals surface area contributed by atoms with E-state index in [2.05, 4.69) is 25.6 Å². The number of amides is 1. The Morgan fingerprint density at radius 1 is 1.19 bits per heavy atom. The number of halogens is 3. The number of benzene rings is 2. The third-order valence-corrected chi connectivity index (χ3v) is 3.45. The summed E-state index contributed by atoms with van der Waals surface area (Å²) in [6.07, 6.45) is 1.30. The Labute approximate surface area is 150 Å². The van der Waals surface area contributed by atoms with Crippen LogP contribution in [0.2, 0.25) is 0 Å². The smallest absolute Gasteiger partial charge is 0.387 e. The number of methoxy groups -OCH3 is 1. The number of ether oxygens (including phenoxy) is 2. The summed E-state index contributed by atoms with van der Waals surface area (Å²) in [7, 11) is 1.27. The molecule has 0 aliphatic heterocycles. The van der Waals surface area contributed by atoms with Crippen molar-refractivity contribution >= 4 is 11.6 Å². The van der Waals surface area contributed by atoms with Gasteiger partial charge in [0, 0.05) is 5.56 Å². The van der Waals surface area contributed by atoms with Crippen molar-refractivity contribution < 1.29 is 27.4 Å². The van der Waals surface area contributed by atoms with E-state index in [4.69, 9.17) is 4.74 Å². The maximum absolute atomic E-state index is 14.0. The molecule has 0 fully saturated rings. The molecule has 3 rings (SSSR count). The van der Waals surface area contributed by atoms with E-state index in [1.165, 1.54) is 42.4 Å². The molecule has 0 saturated heterocycles. The Morgan fingerprint density at radius 3 is 2.67 bits per heavy atom. The molecule has 1 aromatic heterocycles. The number of carbonyl (C=O) groups excluding carboxylic acids is 1. The number of nitrogens with zero attached hydrogens (tertiary/aromatic N) is 4. The predicted octanol–water partition coefficient (Wildman–Crippen LogP) is 2.66. The molecule has 3 aromatic rings. The zero-order valence-corrected chi connectivity index (χ0v) is 13.8. The van der Waals surface area contributed by atoms with Gasteiger partial charge >= 0.3 is 6.61 Å². The molecular weight excluding hydrogens is 367 g/mol. The molecule has 8 nitrogen and oxygen atoms in total. The number of tetrazole rings is 1. The Balaban J connectivity index is 1.86. The van der Waals surface area contributed by atoms with Crippen molar-refractivity contribution in [2.75, 3.05) is 12.4 Å². The second-order valence-corrected chi connectivity index (χ2v) is 5.12. The van der Waals surface area contributed by atoms with Crippen molar-refractivity contribution in [3.63, 3.8) is 0 Å². The lowest BCUT2D eigenvalue weighted by atomic mass is 10.1. The first kappa shape index (κ1) is 18.2. The van der Waals surface area contributed by atoms with Crippen molar-refractivity contribution in [3.05, 3.63) is 54.1 Å². The number of carbonyl (C=O) groups is 1. The normalized spacial score (nSPS) is 10.7. The van der Waals surface area contributed by atoms with Crippen LogP contribution in [0.1, 0.15) is 10.4 Å². The van der Waals surface area contributed by atoms with Gasteiger partial charge in [0.1, 0.15) is 12.1 Å². The first-order valence-corrected chi connectivity index (χ1v) is 7.45. The molecule has 0 spiro atoms. The molecule has 0 unspecified atom stereocenters. The van der Waals surface area contributed by atoms with E-state index < -0.39 is 18.3 Å². The molecule has 0 bridgehead atoms. The minimum atomic E-state index is -3.09. The number of rotatable bonds is 6. The van der Waals surface area contributed by atoms with Gasteiger partial charge in [-0.3, -0.25) is 4.79 Å². The van der Waals surface area contributed by atoms with Crippen LogP contribution < -0.4 is 14.8 Å². The van der Waals surface area contributed by atoms with Gasteiger partial charge < -0.3 is 14.8 Å². The third kappa shape index (κ3) is 4.14. The topological polar surface area (TPSA) is 91.2 Å². The summed E-state index contributed by atoms with van der Waals surface area (Å²) >= 11 is 0. The van der Waals surface area contributed by atoms with E-state index in [0.717, 1.165) is 12.1 Å². The summed E-state index contributed by atoms with van der Waals surface area (Å²) in [5, 5.41) is 13.0. The number of anilines is 1. The van der Waals surface area contributed by atoms with Gasteiger partial charge in [-0.2, -0.15) is 8.78 Å². The number of nitrogens with one attached hydrogen (secondary N) is 1. The highest BCUT2D eigenvalue weighted by Gasteiger charge is 2.16. The second-order valence-electron chi connectivity index (χ2n) is 5.12. The summed E-state index contributed by atoms with van der Waals surface area (Å²) in [6, 6.07) is 7.57. The van der Waals surface area contributed by atoms with E-state index in [1.807, 2.05) is 0 Å². The molecule has 27 heavy (non-hydrogen) atoms. The lowest BCUT2D eigenvalue weighted by Crippen LogP contribution is -2.14. The van der Waals surface area contributed by atoms with Crippen molar-refractivity contribution in [3.8, 4) is 17.2 Å². The SMILES string of the molecule is COc1ccc(C(=O)Nc2cc(-n3cnnn3)ccc2F)cc1OC(F)F. The van der Waals surface area contributed by atoms with E-state index in [1.54, 1.807) is 0 Å². The fourth-order valence-electron chi connectivity index (χ4n) is 2.23. The molecule has 11 heteroatoms. The Bertz CT molecular complexity index is 950. The first-order chi connectivity index (χ1) is 13.0. The van der Waals surface area contributed by atoms with Crippen molar-refractivity contribution in [2.45, 2.75) is 6.61 Å². The molecular formula is C16H12F3N5O3. The monoisotopic (exact) mass is 379 g/mol. The molecule has 0 aliphatic rings. The summed E-state index contributed by atoms with van der Waals surface area (Å²) in [4.78, 5) is 12.4. The van der Waals surface area contributed by atoms with Crippen LogP contribution in [0.3, 0.4) is 0 Å². The van der Waals surface area contributed by atoms with Gasteiger partial charge in [0.15, 0.2) is 11.5 Å². The van der Waals surface area contributed by atoms with Crippen molar-refractivity contribution in [1.29, 1.82) is 0 Å². The van der Waals surface area contributed by atoms with Crippen molar-refractivity contribution in [2.24, 2.45) is 0 Å². The van der Waals surface area contributed by atoms with Crippen LogP contribution in [0.5, 0.6) is 11.5 Å². The number of alkyl halides is 2. The van der Waals surface area contributed by atoms with Crippen LogP contribution in [0.25, 0.3) is 5.69 Å². The largest absolute Gasteiger partial charge is 0.493 e. The number of aromatic nitrogens is 4. The maximum atomic E-state index is 14.0. The van der Waals surface area contributed by atoms with Gasteiger partial charge in [-0.15, -0.1) is 5.10 Å². The van der Waals surface area contributed by atoms with Crippen LogP contribution in [0.4, 0.5) is 18.9 Å². The third-order valence-electron chi connectivity index (χ3n) is 3.45. The molecule has 1 heterocycles. The minimum Gasteiger partial charge on any atom is -0.493 e. The minimum absolute atomic E-state index is 0.0266. The van der Waals surface area contributed by atoms with E-state index >= 15 is 0 Å². The highest BCUT2D eigenvalue weighted by Crippen LogP contribution is 2.30. The molecule has 1 amide bonds. The Kier molecular flexibility index (Phi) is 5.20. The van der Waals surface area contributed by atoms with Crippen LogP contribution in [-0.2, 0) is 0 Å². The molecule has 0 radical (unpaired) electrons. The fraction of sp³-hybridized carbons (Fsp3) is 0.125. The van der Waals surface area contributed by atoms with Gasteiger partial charge in [0.2, 0.25) is 0 Å². The average molecular weight is 379 g/mol. The highest BCUT2D eigenvalue weighted by atomic mass is 19.3. The second kappa shape index (κ2) is 7.72. The molecule has 0 atom stereocenters. The molecule has 140 valence electrons. The fourth-order valence-corrected chi connectivity index (χ4v) is 2.23. The molecule has 0 aliphatic carbocycles. The van der Waals surface area contributed by atoms with Crippen LogP contribution in [0.15, 0.2) is 42.7 Å². The van der Waals surface area contributed by atoms with Gasteiger partial charge in [0.25, 0.3) is 5.91 Å². The van der Waals surface area contributed by atoms with Crippen molar-refractivity contribution in [1.82, 2.24) is 20.2 Å². The number of hydrogen-bond donors (Lipinski definition) is 1. The van der Waals surface area contributed by atoms with E-state index in [0.29, 0.717) is 5.69 Å². The van der Waals surface area contributed by atoms with Gasteiger partial charge in [0.05, 0.1) is 18.5 Å². The van der Waals surface area contributed by atoms with Gasteiger partial charge in [-0.25, -0.2) is 9.07 Å². The predicted molar refractivity (Wildman–Crippen MR) is 86.7 cm³/mol. The molecule has 2 aromatic carbocycles. The summed E-state index contributed by atoms with van der Waals surface area (Å²) in [5.41, 5.74) is 0.243. The summed E-state index contributed by atoms with van der Waals surface area (Å²) in [6.45, 7) is -3.09. The lowest BCUT2D eigenvalue weighted by molar-refractivity contribution is -0.0512. The zero-order valence-electron chi connectivity index (χ0n) is 13.8. The summed E-state index contributed by atoms with van der Waals surface area (Å²) < 4.78 is 49.6. The van der Waals surface area contributed by atoms with E-state index in [-0.39, 0.29) is 22.7 Å². The summed E-state index contributed by atoms with van der Waals surface area (Å²) in [5.74, 6) is -1.72. The Hall–Kier alpha value is -3.63. The average Bonchev–Trinajstić information content (AvgIpc) is 3.17. The van der Waals surface area contributed by atoms with Gasteiger partial charge in [-0.05, 0) is 46.8 Å². The quantitative estimate of drug-likeness (QED) is 0.708. The Morgan fingerprint density at radius 2 is 2.00 bits per heavy atom. The van der Waals surface area contributed by atoms with Crippen LogP contribution in [-0.4, -0.2) is 39.8 Å². The first-order valence-electron chi connectivity index (χ1n) is 7.45. The lowest BCUT2D eigenvalue weighted by Gasteiger charge is -2.12. The highest BCUT2D eigenvalue weighted by molar-refractivity contribution is 6.04. The van der Waals surface area contributed by atoms with E-state index in [9.17, 15) is 18.0 Å². The van der Waals surface area contributed by atoms with Crippen LogP contribution >= 0.6 is 0 Å². The number of hydrogen-bond acceptors (Lipinski definition) is 6.